The topological polar surface area (TPSA) is 179 Å². The fourth-order valence-electron chi connectivity index (χ4n) is 8.52. The number of para-hydroxylation sites is 1. The molecular weight excluding hydrogens is 787 g/mol. The number of nitrogens with zero attached hydrogens (tertiary/aromatic N) is 6. The van der Waals surface area contributed by atoms with E-state index >= 15 is 0 Å². The van der Waals surface area contributed by atoms with Gasteiger partial charge in [0.05, 0.1) is 43.2 Å². The second-order valence-electron chi connectivity index (χ2n) is 14.9. The molecule has 4 bridgehead atoms. The van der Waals surface area contributed by atoms with E-state index in [1.807, 2.05) is 70.5 Å². The molecule has 59 heavy (non-hydrogen) atoms. The first-order valence-electron chi connectivity index (χ1n) is 18.4. The van der Waals surface area contributed by atoms with E-state index in [-0.39, 0.29) is 9.79 Å². The van der Waals surface area contributed by atoms with Crippen LogP contribution in [0, 0.1) is 6.92 Å². The number of fused-ring (bicyclic) bond motifs is 13. The maximum absolute atomic E-state index is 12.1. The van der Waals surface area contributed by atoms with Crippen molar-refractivity contribution in [3.63, 3.8) is 0 Å². The van der Waals surface area contributed by atoms with Gasteiger partial charge in [-0.25, -0.2) is 25.8 Å². The van der Waals surface area contributed by atoms with Gasteiger partial charge in [0.25, 0.3) is 23.3 Å². The van der Waals surface area contributed by atoms with Gasteiger partial charge in [-0.3, -0.25) is 0 Å². The molecule has 0 N–H and O–H groups in total. The predicted molar refractivity (Wildman–Crippen MR) is 220 cm³/mol. The molecule has 0 saturated heterocycles. The first kappa shape index (κ1) is 34.1. The summed E-state index contributed by atoms with van der Waals surface area (Å²) in [5, 5.41) is 4.32. The van der Waals surface area contributed by atoms with Gasteiger partial charge in [0.15, 0.2) is 0 Å². The molecule has 5 heterocycles. The summed E-state index contributed by atoms with van der Waals surface area (Å²) in [6, 6.07) is 35.4. The van der Waals surface area contributed by atoms with Crippen LogP contribution in [0.25, 0.3) is 32.3 Å². The van der Waals surface area contributed by atoms with Crippen LogP contribution >= 0.6 is 0 Å². The molecule has 12 rings (SSSR count). The number of amidine groups is 6. The van der Waals surface area contributed by atoms with E-state index < -0.39 is 27.4 Å². The van der Waals surface area contributed by atoms with Crippen molar-refractivity contribution < 1.29 is 39.6 Å². The molecule has 0 fully saturated rings. The molecule has 0 amide bonds. The molecule has 0 aromatic heterocycles. The average Bonchev–Trinajstić information content (AvgIpc) is 3.81. The smallest absolute Gasteiger partial charge is 0.744 e. The van der Waals surface area contributed by atoms with Crippen LogP contribution in [0.15, 0.2) is 151 Å². The van der Waals surface area contributed by atoms with E-state index in [0.29, 0.717) is 84.6 Å². The summed E-state index contributed by atoms with van der Waals surface area (Å²) in [5.41, 5.74) is 5.14. The molecule has 5 aliphatic rings. The van der Waals surface area contributed by atoms with Crippen molar-refractivity contribution in [2.24, 2.45) is 20.0 Å². The van der Waals surface area contributed by atoms with Gasteiger partial charge >= 0.3 is 7.19 Å². The van der Waals surface area contributed by atoms with Crippen LogP contribution in [0.1, 0.15) is 38.9 Å². The number of rotatable bonds is 4. The van der Waals surface area contributed by atoms with Crippen LogP contribution in [0.2, 0.25) is 0 Å². The number of benzene rings is 7. The van der Waals surface area contributed by atoms with Gasteiger partial charge in [-0.1, -0.05) is 69.1 Å². The van der Waals surface area contributed by atoms with Crippen molar-refractivity contribution in [3.05, 3.63) is 160 Å². The highest BCUT2D eigenvalue weighted by Gasteiger charge is 2.59. The molecule has 7 aromatic carbocycles. The lowest BCUT2D eigenvalue weighted by Gasteiger charge is -2.19. The second-order valence-corrected chi connectivity index (χ2v) is 17.6. The molecule has 0 spiro atoms. The van der Waals surface area contributed by atoms with Crippen molar-refractivity contribution in [2.75, 3.05) is 0 Å². The van der Waals surface area contributed by atoms with Gasteiger partial charge in [0.1, 0.15) is 26.0 Å². The lowest BCUT2D eigenvalue weighted by molar-refractivity contribution is -0.417. The van der Waals surface area contributed by atoms with E-state index in [1.165, 1.54) is 24.3 Å². The minimum absolute atomic E-state index is 0.358. The maximum Gasteiger partial charge on any atom is 0.801 e. The molecule has 5 aliphatic heterocycles. The second kappa shape index (κ2) is 11.6. The van der Waals surface area contributed by atoms with Gasteiger partial charge in [-0.15, -0.1) is 0 Å². The Balaban J connectivity index is 1.22. The lowest BCUT2D eigenvalue weighted by atomic mass is 9.95. The van der Waals surface area contributed by atoms with Crippen LogP contribution < -0.4 is 4.65 Å². The van der Waals surface area contributed by atoms with E-state index in [9.17, 15) is 25.9 Å². The SMILES string of the molecule is Cc1ccc2cc3c(cc2c1)C1=NC2=[N+]4B(Oc5ccccc5)[N+]5=C(N=C4c4cc6ccc(S(=O)(=O)[O-])cc6cc42)c2cc4cc(S(=O)(=O)[O-])ccc4cc2C5=NC3=N1. The Morgan fingerprint density at radius 2 is 0.966 bits per heavy atom. The van der Waals surface area contributed by atoms with Gasteiger partial charge < -0.3 is 13.8 Å². The van der Waals surface area contributed by atoms with Gasteiger partial charge in [-0.2, -0.15) is 4.99 Å². The first-order valence-corrected chi connectivity index (χ1v) is 21.2. The van der Waals surface area contributed by atoms with Crippen molar-refractivity contribution in [1.29, 1.82) is 0 Å². The largest absolute Gasteiger partial charge is 0.801 e. The zero-order valence-electron chi connectivity index (χ0n) is 30.5. The lowest BCUT2D eigenvalue weighted by Crippen LogP contribution is -2.55. The zero-order valence-corrected chi connectivity index (χ0v) is 32.1. The Morgan fingerprint density at radius 1 is 0.492 bits per heavy atom. The van der Waals surface area contributed by atoms with Crippen LogP contribution in [-0.4, -0.2) is 77.1 Å². The molecule has 7 aromatic rings. The monoisotopic (exact) mass is 810 g/mol. The average molecular weight is 811 g/mol. The fourth-order valence-corrected chi connectivity index (χ4v) is 9.53. The third-order valence-corrected chi connectivity index (χ3v) is 12.9. The predicted octanol–water partition coefficient (Wildman–Crippen LogP) is 5.30. The summed E-state index contributed by atoms with van der Waals surface area (Å²) in [6.45, 7) is 2.03. The number of hydrogen-bond donors (Lipinski definition) is 0. The van der Waals surface area contributed by atoms with Gasteiger partial charge in [0.2, 0.25) is 11.7 Å². The van der Waals surface area contributed by atoms with Gasteiger partial charge in [0, 0.05) is 0 Å². The summed E-state index contributed by atoms with van der Waals surface area (Å²) >= 11 is 0. The molecule has 0 unspecified atom stereocenters. The number of aliphatic imine (C=N–C) groups is 4. The fraction of sp³-hybridized carbons (Fsp3) is 0.0233. The third-order valence-electron chi connectivity index (χ3n) is 11.2. The Morgan fingerprint density at radius 3 is 1.56 bits per heavy atom. The Kier molecular flexibility index (Phi) is 6.69. The minimum atomic E-state index is -4.76. The molecule has 0 atom stereocenters. The minimum Gasteiger partial charge on any atom is -0.744 e. The van der Waals surface area contributed by atoms with Crippen LogP contribution in [-0.2, 0) is 20.2 Å². The maximum atomic E-state index is 12.1. The van der Waals surface area contributed by atoms with Crippen molar-refractivity contribution in [2.45, 2.75) is 16.7 Å². The molecule has 0 aliphatic carbocycles. The molecule has 0 radical (unpaired) electrons. The van der Waals surface area contributed by atoms with E-state index in [4.69, 9.17) is 24.6 Å². The molecule has 0 saturated carbocycles. The molecular formula is C43H23BN6O7S2. The van der Waals surface area contributed by atoms with Crippen molar-refractivity contribution in [1.82, 2.24) is 0 Å². The summed E-state index contributed by atoms with van der Waals surface area (Å²) < 4.78 is 83.5. The molecule has 13 nitrogen and oxygen atoms in total. The van der Waals surface area contributed by atoms with Crippen molar-refractivity contribution >= 4 is 94.8 Å². The van der Waals surface area contributed by atoms with E-state index in [1.54, 1.807) is 24.3 Å². The van der Waals surface area contributed by atoms with Gasteiger partial charge in [-0.05, 0) is 112 Å². The number of hydrogen-bond acceptors (Lipinski definition) is 11. The normalized spacial score (nSPS) is 16.2. The molecule has 282 valence electrons. The molecule has 16 heteroatoms. The Labute approximate surface area is 335 Å². The Bertz CT molecular complexity index is 3650. The van der Waals surface area contributed by atoms with E-state index in [2.05, 4.69) is 18.2 Å². The van der Waals surface area contributed by atoms with Crippen LogP contribution in [0.5, 0.6) is 5.75 Å². The first-order chi connectivity index (χ1) is 28.4. The standard InChI is InChI=1S/C43H23BN6O7S2/c1-22-7-8-23-16-32-33(19-26(23)13-22)39-45-38(32)46-40-34-17-24-9-11-31(59(54,55)56)15-28(24)21-37(34)43-48-42-35-18-25-10-12-30(58(51,52)53)14-27(25)20-36(35)41(47-39)50(42)44(49(40)43)57-29-5-3-2-4-6-29/h2-21H,1H3. The summed E-state index contributed by atoms with van der Waals surface area (Å²) in [5.74, 6) is 3.12. The highest BCUT2D eigenvalue weighted by atomic mass is 32.2. The van der Waals surface area contributed by atoms with Crippen LogP contribution in [0.4, 0.5) is 0 Å². The summed E-state index contributed by atoms with van der Waals surface area (Å²) in [7, 11) is -10.5. The summed E-state index contributed by atoms with van der Waals surface area (Å²) in [6.07, 6.45) is 0. The quantitative estimate of drug-likeness (QED) is 0.171. The highest BCUT2D eigenvalue weighted by molar-refractivity contribution is 7.86. The van der Waals surface area contributed by atoms with Crippen molar-refractivity contribution in [3.8, 4) is 5.75 Å². The third kappa shape index (κ3) is 5.04. The zero-order chi connectivity index (χ0) is 40.1. The summed E-state index contributed by atoms with van der Waals surface area (Å²) in [4.78, 5) is 20.3. The highest BCUT2D eigenvalue weighted by Crippen LogP contribution is 2.37. The number of aryl methyl sites for hydroxylation is 1. The van der Waals surface area contributed by atoms with E-state index in [0.717, 1.165) is 27.5 Å². The van der Waals surface area contributed by atoms with Crippen LogP contribution in [0.3, 0.4) is 0 Å². The Hall–Kier alpha value is -6.98.